The summed E-state index contributed by atoms with van der Waals surface area (Å²) in [5.74, 6) is 0. The molecule has 0 aromatic heterocycles. The summed E-state index contributed by atoms with van der Waals surface area (Å²) in [5.41, 5.74) is 1.32. The van der Waals surface area contributed by atoms with E-state index in [1.165, 1.54) is 55.5 Å². The largest absolute Gasteiger partial charge is 0.381 e. The maximum atomic E-state index is 3.75. The predicted molar refractivity (Wildman–Crippen MR) is 78.0 cm³/mol. The molecule has 0 aliphatic heterocycles. The molecule has 1 aliphatic carbocycles. The summed E-state index contributed by atoms with van der Waals surface area (Å²) in [7, 11) is 0. The van der Waals surface area contributed by atoms with E-state index in [0.29, 0.717) is 6.04 Å². The Labute approximate surface area is 109 Å². The zero-order valence-corrected chi connectivity index (χ0v) is 11.6. The molecule has 1 fully saturated rings. The van der Waals surface area contributed by atoms with E-state index in [-0.39, 0.29) is 0 Å². The van der Waals surface area contributed by atoms with E-state index in [0.717, 1.165) is 0 Å². The molecule has 0 atom stereocenters. The van der Waals surface area contributed by atoms with E-state index in [1.807, 2.05) is 11.8 Å². The first-order valence-corrected chi connectivity index (χ1v) is 8.02. The smallest absolute Gasteiger partial charge is 0.0480 e. The third-order valence-corrected chi connectivity index (χ3v) is 4.37. The molecule has 1 N–H and O–H groups in total. The fraction of sp³-hybridized carbons (Fsp3) is 0.600. The summed E-state index contributed by atoms with van der Waals surface area (Å²) >= 11 is 1.83. The summed E-state index contributed by atoms with van der Waals surface area (Å²) < 4.78 is 0. The Morgan fingerprint density at radius 2 is 1.65 bits per heavy atom. The van der Waals surface area contributed by atoms with Crippen LogP contribution in [0.1, 0.15) is 44.9 Å². The molecule has 17 heavy (non-hydrogen) atoms. The van der Waals surface area contributed by atoms with Crippen molar-refractivity contribution in [2.45, 2.75) is 55.9 Å². The summed E-state index contributed by atoms with van der Waals surface area (Å²) in [6.07, 6.45) is 11.9. The molecule has 1 aromatic carbocycles. The van der Waals surface area contributed by atoms with Crippen LogP contribution in [-0.2, 0) is 0 Å². The lowest BCUT2D eigenvalue weighted by Crippen LogP contribution is -2.20. The molecule has 1 nitrogen and oxygen atoms in total. The van der Waals surface area contributed by atoms with E-state index in [4.69, 9.17) is 0 Å². The first-order chi connectivity index (χ1) is 8.40. The fourth-order valence-corrected chi connectivity index (χ4v) is 3.15. The Morgan fingerprint density at radius 1 is 1.00 bits per heavy atom. The Kier molecular flexibility index (Phi) is 5.24. The topological polar surface area (TPSA) is 12.0 Å². The quantitative estimate of drug-likeness (QED) is 0.762. The van der Waals surface area contributed by atoms with Crippen molar-refractivity contribution in [1.82, 2.24) is 0 Å². The van der Waals surface area contributed by atoms with Crippen molar-refractivity contribution >= 4 is 17.4 Å². The third-order valence-electron chi connectivity index (χ3n) is 3.57. The van der Waals surface area contributed by atoms with Crippen LogP contribution >= 0.6 is 11.8 Å². The fourth-order valence-electron chi connectivity index (χ4n) is 2.58. The number of nitrogens with one attached hydrogen (secondary N) is 1. The number of hydrogen-bond acceptors (Lipinski definition) is 2. The standard InChI is InChI=1S/C15H23NS/c1-17-15-12-8-7-11-14(15)16-13-9-5-3-2-4-6-10-13/h7-8,11-13,16H,2-6,9-10H2,1H3. The summed E-state index contributed by atoms with van der Waals surface area (Å²) in [6.45, 7) is 0. The van der Waals surface area contributed by atoms with Gasteiger partial charge in [0.05, 0.1) is 0 Å². The molecule has 2 rings (SSSR count). The molecule has 1 saturated carbocycles. The molecular formula is C15H23NS. The zero-order valence-electron chi connectivity index (χ0n) is 10.7. The number of rotatable bonds is 3. The molecule has 2 heteroatoms. The van der Waals surface area contributed by atoms with E-state index >= 15 is 0 Å². The highest BCUT2D eigenvalue weighted by molar-refractivity contribution is 7.98. The van der Waals surface area contributed by atoms with Crippen molar-refractivity contribution in [1.29, 1.82) is 0 Å². The second-order valence-electron chi connectivity index (χ2n) is 4.89. The molecule has 0 spiro atoms. The highest BCUT2D eigenvalue weighted by Crippen LogP contribution is 2.27. The number of anilines is 1. The van der Waals surface area contributed by atoms with Crippen LogP contribution in [0, 0.1) is 0 Å². The van der Waals surface area contributed by atoms with Gasteiger partial charge in [0, 0.05) is 16.6 Å². The normalized spacial score (nSPS) is 18.4. The van der Waals surface area contributed by atoms with Gasteiger partial charge in [-0.3, -0.25) is 0 Å². The van der Waals surface area contributed by atoms with Crippen LogP contribution in [0.15, 0.2) is 29.2 Å². The SMILES string of the molecule is CSc1ccccc1NC1CCCCCCC1. The maximum absolute atomic E-state index is 3.75. The molecule has 0 bridgehead atoms. The Hall–Kier alpha value is -0.630. The Morgan fingerprint density at radius 3 is 2.35 bits per heavy atom. The molecule has 0 radical (unpaired) electrons. The summed E-state index contributed by atoms with van der Waals surface area (Å²) in [4.78, 5) is 1.37. The number of thioether (sulfide) groups is 1. The molecule has 1 aromatic rings. The van der Waals surface area contributed by atoms with Gasteiger partial charge >= 0.3 is 0 Å². The van der Waals surface area contributed by atoms with Crippen molar-refractivity contribution in [3.8, 4) is 0 Å². The van der Waals surface area contributed by atoms with Gasteiger partial charge < -0.3 is 5.32 Å². The molecule has 0 saturated heterocycles. The minimum absolute atomic E-state index is 0.684. The van der Waals surface area contributed by atoms with Gasteiger partial charge in [-0.25, -0.2) is 0 Å². The minimum Gasteiger partial charge on any atom is -0.381 e. The van der Waals surface area contributed by atoms with Gasteiger partial charge in [0.1, 0.15) is 0 Å². The van der Waals surface area contributed by atoms with Crippen LogP contribution in [-0.4, -0.2) is 12.3 Å². The molecule has 1 aliphatic rings. The van der Waals surface area contributed by atoms with Crippen LogP contribution < -0.4 is 5.32 Å². The van der Waals surface area contributed by atoms with Gasteiger partial charge in [-0.05, 0) is 31.2 Å². The van der Waals surface area contributed by atoms with E-state index in [9.17, 15) is 0 Å². The monoisotopic (exact) mass is 249 g/mol. The lowest BCUT2D eigenvalue weighted by molar-refractivity contribution is 0.471. The van der Waals surface area contributed by atoms with Gasteiger partial charge in [-0.2, -0.15) is 0 Å². The third kappa shape index (κ3) is 3.95. The van der Waals surface area contributed by atoms with Crippen LogP contribution in [0.4, 0.5) is 5.69 Å². The lowest BCUT2D eigenvalue weighted by Gasteiger charge is -2.23. The molecular weight excluding hydrogens is 226 g/mol. The van der Waals surface area contributed by atoms with Gasteiger partial charge in [0.25, 0.3) is 0 Å². The van der Waals surface area contributed by atoms with Crippen molar-refractivity contribution in [2.75, 3.05) is 11.6 Å². The number of benzene rings is 1. The van der Waals surface area contributed by atoms with E-state index in [2.05, 4.69) is 35.8 Å². The second kappa shape index (κ2) is 6.95. The average molecular weight is 249 g/mol. The first kappa shape index (κ1) is 12.8. The molecule has 94 valence electrons. The van der Waals surface area contributed by atoms with Gasteiger partial charge in [0.15, 0.2) is 0 Å². The van der Waals surface area contributed by atoms with Crippen molar-refractivity contribution in [2.24, 2.45) is 0 Å². The average Bonchev–Trinajstić information content (AvgIpc) is 2.33. The second-order valence-corrected chi connectivity index (χ2v) is 5.73. The molecule has 0 unspecified atom stereocenters. The van der Waals surface area contributed by atoms with E-state index in [1.54, 1.807) is 0 Å². The molecule has 0 heterocycles. The summed E-state index contributed by atoms with van der Waals surface area (Å²) in [5, 5.41) is 3.75. The number of para-hydroxylation sites is 1. The minimum atomic E-state index is 0.684. The first-order valence-electron chi connectivity index (χ1n) is 6.79. The Bertz CT molecular complexity index is 329. The van der Waals surface area contributed by atoms with Crippen molar-refractivity contribution < 1.29 is 0 Å². The van der Waals surface area contributed by atoms with Crippen LogP contribution in [0.5, 0.6) is 0 Å². The highest BCUT2D eigenvalue weighted by Gasteiger charge is 2.12. The van der Waals surface area contributed by atoms with Gasteiger partial charge in [-0.1, -0.05) is 44.2 Å². The summed E-state index contributed by atoms with van der Waals surface area (Å²) in [6, 6.07) is 9.35. The van der Waals surface area contributed by atoms with E-state index < -0.39 is 0 Å². The van der Waals surface area contributed by atoms with Gasteiger partial charge in [0.2, 0.25) is 0 Å². The number of hydrogen-bond donors (Lipinski definition) is 1. The van der Waals surface area contributed by atoms with Crippen molar-refractivity contribution in [3.63, 3.8) is 0 Å². The van der Waals surface area contributed by atoms with Crippen LogP contribution in [0.25, 0.3) is 0 Å². The van der Waals surface area contributed by atoms with Crippen LogP contribution in [0.3, 0.4) is 0 Å². The molecule has 0 amide bonds. The Balaban J connectivity index is 1.97. The van der Waals surface area contributed by atoms with Crippen molar-refractivity contribution in [3.05, 3.63) is 24.3 Å². The highest BCUT2D eigenvalue weighted by atomic mass is 32.2. The lowest BCUT2D eigenvalue weighted by atomic mass is 9.96. The zero-order chi connectivity index (χ0) is 11.9. The maximum Gasteiger partial charge on any atom is 0.0480 e. The predicted octanol–water partition coefficient (Wildman–Crippen LogP) is 4.93. The van der Waals surface area contributed by atoms with Crippen LogP contribution in [0.2, 0.25) is 0 Å². The van der Waals surface area contributed by atoms with Gasteiger partial charge in [-0.15, -0.1) is 11.8 Å².